The van der Waals surface area contributed by atoms with Gasteiger partial charge in [0.1, 0.15) is 17.6 Å². The monoisotopic (exact) mass is 428 g/mol. The highest BCUT2D eigenvalue weighted by molar-refractivity contribution is 5.88. The second kappa shape index (κ2) is 11.5. The normalized spacial score (nSPS) is 12.9. The molecule has 0 bridgehead atoms. The lowest BCUT2D eigenvalue weighted by Gasteiger charge is -2.29. The number of ether oxygens (including phenoxy) is 1. The SMILES string of the molecule is CCC(C)NC(=O)C(C)N(Cc1ccc(F)cc1)C(=O)COc1ccc(C(C)C)cc1. The first kappa shape index (κ1) is 24.4. The van der Waals surface area contributed by atoms with E-state index in [0.29, 0.717) is 11.7 Å². The minimum absolute atomic E-state index is 0.00782. The van der Waals surface area contributed by atoms with Crippen LogP contribution in [0.15, 0.2) is 48.5 Å². The highest BCUT2D eigenvalue weighted by atomic mass is 19.1. The summed E-state index contributed by atoms with van der Waals surface area (Å²) in [5.41, 5.74) is 1.92. The quantitative estimate of drug-likeness (QED) is 0.599. The summed E-state index contributed by atoms with van der Waals surface area (Å²) in [5, 5.41) is 2.92. The first-order chi connectivity index (χ1) is 14.7. The lowest BCUT2D eigenvalue weighted by atomic mass is 10.0. The second-order valence-corrected chi connectivity index (χ2v) is 8.15. The van der Waals surface area contributed by atoms with Gasteiger partial charge in [-0.1, -0.05) is 45.0 Å². The molecule has 2 aromatic rings. The second-order valence-electron chi connectivity index (χ2n) is 8.15. The molecule has 5 nitrogen and oxygen atoms in total. The number of hydrogen-bond donors (Lipinski definition) is 1. The highest BCUT2D eigenvalue weighted by Gasteiger charge is 2.27. The van der Waals surface area contributed by atoms with Crippen molar-refractivity contribution in [2.75, 3.05) is 6.61 Å². The third-order valence-corrected chi connectivity index (χ3v) is 5.34. The van der Waals surface area contributed by atoms with E-state index < -0.39 is 6.04 Å². The standard InChI is InChI=1S/C25H33FN2O3/c1-6-18(4)27-25(30)19(5)28(15-20-7-11-22(26)12-8-20)24(29)16-31-23-13-9-21(10-14-23)17(2)3/h7-14,17-19H,6,15-16H2,1-5H3,(H,27,30). The van der Waals surface area contributed by atoms with E-state index >= 15 is 0 Å². The summed E-state index contributed by atoms with van der Waals surface area (Å²) in [7, 11) is 0. The summed E-state index contributed by atoms with van der Waals surface area (Å²) in [6.45, 7) is 9.80. The Labute approximate surface area is 184 Å². The van der Waals surface area contributed by atoms with Gasteiger partial charge < -0.3 is 15.0 Å². The molecule has 0 saturated carbocycles. The molecule has 0 heterocycles. The van der Waals surface area contributed by atoms with Crippen LogP contribution in [0, 0.1) is 5.82 Å². The average Bonchev–Trinajstić information content (AvgIpc) is 2.76. The largest absolute Gasteiger partial charge is 0.484 e. The van der Waals surface area contributed by atoms with Crippen molar-refractivity contribution in [3.63, 3.8) is 0 Å². The van der Waals surface area contributed by atoms with Crippen LogP contribution in [0.25, 0.3) is 0 Å². The number of nitrogens with zero attached hydrogens (tertiary/aromatic N) is 1. The lowest BCUT2D eigenvalue weighted by molar-refractivity contribution is -0.142. The van der Waals surface area contributed by atoms with Gasteiger partial charge in [-0.3, -0.25) is 9.59 Å². The van der Waals surface area contributed by atoms with Crippen LogP contribution < -0.4 is 10.1 Å². The number of nitrogens with one attached hydrogen (secondary N) is 1. The molecule has 0 aliphatic carbocycles. The molecular formula is C25H33FN2O3. The van der Waals surface area contributed by atoms with Gasteiger partial charge in [0, 0.05) is 12.6 Å². The molecule has 2 aromatic carbocycles. The van der Waals surface area contributed by atoms with E-state index in [2.05, 4.69) is 19.2 Å². The Morgan fingerprint density at radius 3 is 2.16 bits per heavy atom. The average molecular weight is 429 g/mol. The maximum absolute atomic E-state index is 13.3. The Bertz CT molecular complexity index is 850. The zero-order valence-electron chi connectivity index (χ0n) is 19.0. The topological polar surface area (TPSA) is 58.6 Å². The first-order valence-electron chi connectivity index (χ1n) is 10.8. The van der Waals surface area contributed by atoms with Crippen LogP contribution in [-0.4, -0.2) is 35.4 Å². The number of rotatable bonds is 10. The van der Waals surface area contributed by atoms with Gasteiger partial charge in [0.2, 0.25) is 5.91 Å². The highest BCUT2D eigenvalue weighted by Crippen LogP contribution is 2.19. The summed E-state index contributed by atoms with van der Waals surface area (Å²) in [6, 6.07) is 12.8. The molecule has 2 rings (SSSR count). The van der Waals surface area contributed by atoms with Crippen molar-refractivity contribution in [2.45, 2.75) is 65.6 Å². The van der Waals surface area contributed by atoms with Crippen molar-refractivity contribution in [3.05, 3.63) is 65.5 Å². The third-order valence-electron chi connectivity index (χ3n) is 5.34. The molecule has 2 atom stereocenters. The molecule has 2 amide bonds. The van der Waals surface area contributed by atoms with Crippen molar-refractivity contribution in [1.29, 1.82) is 0 Å². The summed E-state index contributed by atoms with van der Waals surface area (Å²) < 4.78 is 19.0. The molecular weight excluding hydrogens is 395 g/mol. The molecule has 0 aliphatic heterocycles. The molecule has 6 heteroatoms. The summed E-state index contributed by atoms with van der Waals surface area (Å²) in [4.78, 5) is 27.1. The van der Waals surface area contributed by atoms with Crippen molar-refractivity contribution in [2.24, 2.45) is 0 Å². The number of halogens is 1. The third kappa shape index (κ3) is 7.39. The number of benzene rings is 2. The van der Waals surface area contributed by atoms with Crippen molar-refractivity contribution in [3.8, 4) is 5.75 Å². The van der Waals surface area contributed by atoms with E-state index in [-0.39, 0.29) is 36.8 Å². The molecule has 0 aromatic heterocycles. The van der Waals surface area contributed by atoms with Crippen LogP contribution in [0.4, 0.5) is 4.39 Å². The minimum Gasteiger partial charge on any atom is -0.484 e. The van der Waals surface area contributed by atoms with Crippen LogP contribution in [0.5, 0.6) is 5.75 Å². The van der Waals surface area contributed by atoms with Gasteiger partial charge in [-0.2, -0.15) is 0 Å². The van der Waals surface area contributed by atoms with E-state index in [0.717, 1.165) is 12.0 Å². The Kier molecular flexibility index (Phi) is 9.03. The Morgan fingerprint density at radius 1 is 1.00 bits per heavy atom. The first-order valence-corrected chi connectivity index (χ1v) is 10.8. The fourth-order valence-electron chi connectivity index (χ4n) is 3.01. The predicted molar refractivity (Wildman–Crippen MR) is 120 cm³/mol. The van der Waals surface area contributed by atoms with Crippen molar-refractivity contribution in [1.82, 2.24) is 10.2 Å². The summed E-state index contributed by atoms with van der Waals surface area (Å²) in [5.74, 6) is 0.107. The predicted octanol–water partition coefficient (Wildman–Crippen LogP) is 4.66. The van der Waals surface area contributed by atoms with E-state index in [1.54, 1.807) is 19.1 Å². The van der Waals surface area contributed by atoms with Gasteiger partial charge in [0.05, 0.1) is 0 Å². The molecule has 1 N–H and O–H groups in total. The smallest absolute Gasteiger partial charge is 0.261 e. The summed E-state index contributed by atoms with van der Waals surface area (Å²) in [6.07, 6.45) is 0.792. The Balaban J connectivity index is 2.12. The van der Waals surface area contributed by atoms with Crippen molar-refractivity contribution >= 4 is 11.8 Å². The molecule has 31 heavy (non-hydrogen) atoms. The van der Waals surface area contributed by atoms with E-state index in [1.807, 2.05) is 38.1 Å². The molecule has 2 unspecified atom stereocenters. The van der Waals surface area contributed by atoms with Gasteiger partial charge in [-0.15, -0.1) is 0 Å². The number of carbonyl (C=O) groups is 2. The van der Waals surface area contributed by atoms with Crippen LogP contribution in [0.1, 0.15) is 58.1 Å². The zero-order chi connectivity index (χ0) is 23.0. The Morgan fingerprint density at radius 2 is 1.61 bits per heavy atom. The molecule has 0 fully saturated rings. The van der Waals surface area contributed by atoms with E-state index in [4.69, 9.17) is 4.74 Å². The maximum Gasteiger partial charge on any atom is 0.261 e. The number of carbonyl (C=O) groups excluding carboxylic acids is 2. The van der Waals surface area contributed by atoms with Gasteiger partial charge in [-0.05, 0) is 61.6 Å². The fraction of sp³-hybridized carbons (Fsp3) is 0.440. The van der Waals surface area contributed by atoms with Gasteiger partial charge in [0.25, 0.3) is 5.91 Å². The van der Waals surface area contributed by atoms with Crippen LogP contribution in [-0.2, 0) is 16.1 Å². The van der Waals surface area contributed by atoms with Gasteiger partial charge in [0.15, 0.2) is 6.61 Å². The fourth-order valence-corrected chi connectivity index (χ4v) is 3.01. The van der Waals surface area contributed by atoms with Crippen LogP contribution in [0.2, 0.25) is 0 Å². The molecule has 0 spiro atoms. The van der Waals surface area contributed by atoms with Crippen LogP contribution >= 0.6 is 0 Å². The minimum atomic E-state index is -0.696. The van der Waals surface area contributed by atoms with Gasteiger partial charge in [-0.25, -0.2) is 4.39 Å². The van der Waals surface area contributed by atoms with Crippen molar-refractivity contribution < 1.29 is 18.7 Å². The molecule has 168 valence electrons. The number of amides is 2. The van der Waals surface area contributed by atoms with Gasteiger partial charge >= 0.3 is 0 Å². The molecule has 0 saturated heterocycles. The van der Waals surface area contributed by atoms with Crippen LogP contribution in [0.3, 0.4) is 0 Å². The lowest BCUT2D eigenvalue weighted by Crippen LogP contribution is -2.50. The maximum atomic E-state index is 13.3. The number of hydrogen-bond acceptors (Lipinski definition) is 3. The zero-order valence-corrected chi connectivity index (χ0v) is 19.0. The summed E-state index contributed by atoms with van der Waals surface area (Å²) >= 11 is 0. The Hall–Kier alpha value is -2.89. The molecule has 0 radical (unpaired) electrons. The molecule has 0 aliphatic rings. The van der Waals surface area contributed by atoms with E-state index in [1.165, 1.54) is 22.6 Å². The van der Waals surface area contributed by atoms with E-state index in [9.17, 15) is 14.0 Å².